The molecule has 0 aliphatic carbocycles. The average molecular weight is 546 g/mol. The van der Waals surface area contributed by atoms with Gasteiger partial charge >= 0.3 is 0 Å². The summed E-state index contributed by atoms with van der Waals surface area (Å²) >= 11 is 6.10. The van der Waals surface area contributed by atoms with E-state index in [0.29, 0.717) is 30.3 Å². The van der Waals surface area contributed by atoms with Crippen LogP contribution in [0.2, 0.25) is 5.02 Å². The van der Waals surface area contributed by atoms with Crippen LogP contribution in [-0.2, 0) is 16.0 Å². The van der Waals surface area contributed by atoms with Gasteiger partial charge in [-0.25, -0.2) is 0 Å². The van der Waals surface area contributed by atoms with E-state index in [2.05, 4.69) is 68.4 Å². The van der Waals surface area contributed by atoms with Gasteiger partial charge in [-0.3, -0.25) is 4.79 Å². The lowest BCUT2D eigenvalue weighted by molar-refractivity contribution is -0.134. The average Bonchev–Trinajstić information content (AvgIpc) is 2.97. The molecule has 0 N–H and O–H groups in total. The van der Waals surface area contributed by atoms with Crippen molar-refractivity contribution in [3.63, 3.8) is 0 Å². The zero-order chi connectivity index (χ0) is 27.2. The van der Waals surface area contributed by atoms with Crippen LogP contribution in [0.1, 0.15) is 61.8 Å². The van der Waals surface area contributed by atoms with Gasteiger partial charge in [0.2, 0.25) is 0 Å². The quantitative estimate of drug-likeness (QED) is 0.291. The van der Waals surface area contributed by atoms with Gasteiger partial charge in [-0.2, -0.15) is 0 Å². The first-order valence-electron chi connectivity index (χ1n) is 14.4. The number of amides is 1. The molecule has 2 aliphatic rings. The maximum absolute atomic E-state index is 12.9. The Balaban J connectivity index is 1.14. The number of carbonyl (C=O) groups is 1. The van der Waals surface area contributed by atoms with Crippen LogP contribution in [0.15, 0.2) is 78.9 Å². The van der Waals surface area contributed by atoms with E-state index in [1.165, 1.54) is 11.1 Å². The van der Waals surface area contributed by atoms with Gasteiger partial charge in [-0.15, -0.1) is 0 Å². The van der Waals surface area contributed by atoms with Crippen molar-refractivity contribution in [3.05, 3.63) is 101 Å². The molecular formula is C34H40ClNO3. The predicted molar refractivity (Wildman–Crippen MR) is 157 cm³/mol. The summed E-state index contributed by atoms with van der Waals surface area (Å²) < 4.78 is 12.5. The molecule has 0 bridgehead atoms. The molecule has 5 rings (SSSR count). The third kappa shape index (κ3) is 7.23. The van der Waals surface area contributed by atoms with Gasteiger partial charge in [0.25, 0.3) is 5.91 Å². The second kappa shape index (κ2) is 13.0. The predicted octanol–water partition coefficient (Wildman–Crippen LogP) is 7.72. The van der Waals surface area contributed by atoms with Crippen LogP contribution in [0.25, 0.3) is 0 Å². The summed E-state index contributed by atoms with van der Waals surface area (Å²) in [6, 6.07) is 26.9. The monoisotopic (exact) mass is 545 g/mol. The molecule has 3 aromatic carbocycles. The van der Waals surface area contributed by atoms with Crippen molar-refractivity contribution in [1.82, 2.24) is 4.90 Å². The van der Waals surface area contributed by atoms with E-state index in [0.717, 1.165) is 55.1 Å². The van der Waals surface area contributed by atoms with Gasteiger partial charge in [0.1, 0.15) is 5.75 Å². The molecule has 2 heterocycles. The van der Waals surface area contributed by atoms with Gasteiger partial charge in [0.05, 0.1) is 12.7 Å². The molecular weight excluding hydrogens is 506 g/mol. The summed E-state index contributed by atoms with van der Waals surface area (Å²) in [7, 11) is 0. The molecule has 39 heavy (non-hydrogen) atoms. The Morgan fingerprint density at radius 1 is 0.974 bits per heavy atom. The minimum atomic E-state index is 0.0106. The van der Waals surface area contributed by atoms with Crippen molar-refractivity contribution in [2.75, 3.05) is 26.3 Å². The van der Waals surface area contributed by atoms with E-state index in [-0.39, 0.29) is 18.6 Å². The maximum Gasteiger partial charge on any atom is 0.260 e. The Hall–Kier alpha value is -2.82. The zero-order valence-electron chi connectivity index (χ0n) is 23.1. The molecule has 3 aromatic rings. The number of carbonyl (C=O) groups excluding carboxylic acids is 1. The molecule has 0 unspecified atom stereocenters. The lowest BCUT2D eigenvalue weighted by Gasteiger charge is -2.39. The topological polar surface area (TPSA) is 38.8 Å². The van der Waals surface area contributed by atoms with Gasteiger partial charge < -0.3 is 14.4 Å². The van der Waals surface area contributed by atoms with Gasteiger partial charge in [0, 0.05) is 24.0 Å². The van der Waals surface area contributed by atoms with Gasteiger partial charge in [-0.1, -0.05) is 80.0 Å². The van der Waals surface area contributed by atoms with E-state index in [1.807, 2.05) is 29.2 Å². The van der Waals surface area contributed by atoms with Crippen molar-refractivity contribution in [2.45, 2.75) is 51.6 Å². The van der Waals surface area contributed by atoms with Crippen molar-refractivity contribution in [2.24, 2.45) is 17.8 Å². The van der Waals surface area contributed by atoms with Crippen LogP contribution in [0.3, 0.4) is 0 Å². The lowest BCUT2D eigenvalue weighted by Crippen LogP contribution is -2.41. The third-order valence-corrected chi connectivity index (χ3v) is 8.76. The van der Waals surface area contributed by atoms with Crippen LogP contribution in [-0.4, -0.2) is 37.1 Å². The number of piperidine rings is 1. The zero-order valence-corrected chi connectivity index (χ0v) is 23.9. The number of hydrogen-bond donors (Lipinski definition) is 0. The summed E-state index contributed by atoms with van der Waals surface area (Å²) in [6.45, 7) is 6.91. The van der Waals surface area contributed by atoms with Crippen molar-refractivity contribution in [1.29, 1.82) is 0 Å². The highest BCUT2D eigenvalue weighted by molar-refractivity contribution is 6.30. The van der Waals surface area contributed by atoms with Crippen molar-refractivity contribution >= 4 is 17.5 Å². The molecule has 2 fully saturated rings. The van der Waals surface area contributed by atoms with E-state index >= 15 is 0 Å². The Labute approximate surface area is 238 Å². The number of ether oxygens (including phenoxy) is 2. The second-order valence-electron chi connectivity index (χ2n) is 11.5. The largest absolute Gasteiger partial charge is 0.484 e. The number of halogens is 1. The number of hydrogen-bond acceptors (Lipinski definition) is 3. The van der Waals surface area contributed by atoms with E-state index < -0.39 is 0 Å². The third-order valence-electron chi connectivity index (χ3n) is 8.50. The molecule has 5 heteroatoms. The fourth-order valence-corrected chi connectivity index (χ4v) is 6.27. The number of likely N-dealkylation sites (tertiary alicyclic amines) is 1. The number of benzene rings is 3. The molecule has 2 aliphatic heterocycles. The summed E-state index contributed by atoms with van der Waals surface area (Å²) in [5.41, 5.74) is 3.78. The van der Waals surface area contributed by atoms with Gasteiger partial charge in [0.15, 0.2) is 6.61 Å². The van der Waals surface area contributed by atoms with Crippen molar-refractivity contribution in [3.8, 4) is 5.75 Å². The molecule has 0 saturated carbocycles. The SMILES string of the molecule is CC(C)[C@@H]1C[C@H](c2ccc(Cl)cc2)CO[C@H]1c1cccc(OCC(=O)N2CCC(Cc3ccccc3)CC2)c1. The van der Waals surface area contributed by atoms with E-state index in [9.17, 15) is 4.79 Å². The van der Waals surface area contributed by atoms with Crippen molar-refractivity contribution < 1.29 is 14.3 Å². The second-order valence-corrected chi connectivity index (χ2v) is 12.0. The summed E-state index contributed by atoms with van der Waals surface area (Å²) in [5.74, 6) is 2.65. The van der Waals surface area contributed by atoms with Crippen LogP contribution in [0.4, 0.5) is 0 Å². The Morgan fingerprint density at radius 2 is 1.72 bits per heavy atom. The van der Waals surface area contributed by atoms with Crippen LogP contribution >= 0.6 is 11.6 Å². The molecule has 206 valence electrons. The fourth-order valence-electron chi connectivity index (χ4n) is 6.15. The van der Waals surface area contributed by atoms with E-state index in [1.54, 1.807) is 0 Å². The van der Waals surface area contributed by atoms with Gasteiger partial charge in [-0.05, 0) is 84.4 Å². The Morgan fingerprint density at radius 3 is 2.44 bits per heavy atom. The highest BCUT2D eigenvalue weighted by Gasteiger charge is 2.35. The fraction of sp³-hybridized carbons (Fsp3) is 0.441. The minimum absolute atomic E-state index is 0.0106. The first kappa shape index (κ1) is 27.7. The Kier molecular flexibility index (Phi) is 9.26. The molecule has 1 amide bonds. The molecule has 0 radical (unpaired) electrons. The molecule has 0 spiro atoms. The standard InChI is InChI=1S/C34H40ClNO3/c1-24(2)32-21-29(27-11-13-30(35)14-12-27)22-39-34(32)28-9-6-10-31(20-28)38-23-33(37)36-17-15-26(16-18-36)19-25-7-4-3-5-8-25/h3-14,20,24,26,29,32,34H,15-19,21-23H2,1-2H3/t29-,32-,34-/m0/s1. The van der Waals surface area contributed by atoms with Crippen LogP contribution in [0.5, 0.6) is 5.75 Å². The molecule has 2 saturated heterocycles. The van der Waals surface area contributed by atoms with Crippen LogP contribution in [0, 0.1) is 17.8 Å². The van der Waals surface area contributed by atoms with E-state index in [4.69, 9.17) is 21.1 Å². The number of nitrogens with zero attached hydrogens (tertiary/aromatic N) is 1. The first-order valence-corrected chi connectivity index (χ1v) is 14.8. The highest BCUT2D eigenvalue weighted by Crippen LogP contribution is 2.44. The Bertz CT molecular complexity index is 1200. The lowest BCUT2D eigenvalue weighted by atomic mass is 9.76. The highest BCUT2D eigenvalue weighted by atomic mass is 35.5. The summed E-state index contributed by atoms with van der Waals surface area (Å²) in [6.07, 6.45) is 4.25. The number of rotatable bonds is 8. The molecule has 0 aromatic heterocycles. The summed E-state index contributed by atoms with van der Waals surface area (Å²) in [5, 5.41) is 0.761. The maximum atomic E-state index is 12.9. The smallest absolute Gasteiger partial charge is 0.260 e. The molecule has 3 atom stereocenters. The van der Waals surface area contributed by atoms with Crippen LogP contribution < -0.4 is 4.74 Å². The minimum Gasteiger partial charge on any atom is -0.484 e. The normalized spacial score (nSPS) is 22.2. The molecule has 4 nitrogen and oxygen atoms in total. The summed E-state index contributed by atoms with van der Waals surface area (Å²) in [4.78, 5) is 14.9. The first-order chi connectivity index (χ1) is 19.0.